The van der Waals surface area contributed by atoms with Crippen molar-refractivity contribution in [1.82, 2.24) is 4.98 Å². The summed E-state index contributed by atoms with van der Waals surface area (Å²) in [7, 11) is 0. The lowest BCUT2D eigenvalue weighted by Crippen LogP contribution is -1.73. The molecule has 17 heavy (non-hydrogen) atoms. The number of hydrogen-bond donors (Lipinski definition) is 0. The van der Waals surface area contributed by atoms with Crippen molar-refractivity contribution in [2.75, 3.05) is 0 Å². The molecule has 0 amide bonds. The molecule has 0 fully saturated rings. The minimum absolute atomic E-state index is 0.820. The predicted molar refractivity (Wildman–Crippen MR) is 69.4 cm³/mol. The van der Waals surface area contributed by atoms with E-state index in [1.165, 1.54) is 12.0 Å². The van der Waals surface area contributed by atoms with E-state index < -0.39 is 0 Å². The molecular weight excluding hydrogens is 210 g/mol. The van der Waals surface area contributed by atoms with Crippen LogP contribution in [0.5, 0.6) is 0 Å². The van der Waals surface area contributed by atoms with Crippen molar-refractivity contribution in [2.45, 2.75) is 0 Å². The number of oxazole rings is 1. The average Bonchev–Trinajstić information content (AvgIpc) is 2.85. The third kappa shape index (κ3) is 2.11. The van der Waals surface area contributed by atoms with Crippen LogP contribution in [0.25, 0.3) is 23.3 Å². The van der Waals surface area contributed by atoms with Crippen molar-refractivity contribution in [2.24, 2.45) is 0 Å². The first-order chi connectivity index (χ1) is 8.42. The fraction of sp³-hybridized carbons (Fsp3) is 0. The normalized spacial score (nSPS) is 11.3. The molecule has 3 rings (SSSR count). The van der Waals surface area contributed by atoms with E-state index in [1.54, 1.807) is 0 Å². The first-order valence-corrected chi connectivity index (χ1v) is 5.48. The largest absolute Gasteiger partial charge is 0.443 e. The van der Waals surface area contributed by atoms with Crippen LogP contribution in [0.15, 0.2) is 59.3 Å². The van der Waals surface area contributed by atoms with Crippen LogP contribution in [0.1, 0.15) is 11.1 Å². The molecule has 1 heterocycles. The zero-order chi connectivity index (χ0) is 11.5. The lowest BCUT2D eigenvalue weighted by molar-refractivity contribution is 0.602. The molecule has 2 nitrogen and oxygen atoms in total. The summed E-state index contributed by atoms with van der Waals surface area (Å²) in [4.78, 5) is 4.09. The SMILES string of the molecule is C(=C\c1ccc2ncoc2c1)/c1ccccc1. The molecule has 0 saturated carbocycles. The summed E-state index contributed by atoms with van der Waals surface area (Å²) in [5, 5.41) is 0. The van der Waals surface area contributed by atoms with Gasteiger partial charge in [0.25, 0.3) is 0 Å². The smallest absolute Gasteiger partial charge is 0.181 e. The maximum Gasteiger partial charge on any atom is 0.181 e. The Labute approximate surface area is 99.2 Å². The second-order valence-electron chi connectivity index (χ2n) is 3.82. The van der Waals surface area contributed by atoms with Crippen LogP contribution >= 0.6 is 0 Å². The molecule has 0 aliphatic rings. The van der Waals surface area contributed by atoms with Gasteiger partial charge in [-0.2, -0.15) is 0 Å². The molecule has 0 unspecified atom stereocenters. The average molecular weight is 221 g/mol. The van der Waals surface area contributed by atoms with E-state index in [0.29, 0.717) is 0 Å². The summed E-state index contributed by atoms with van der Waals surface area (Å²) < 4.78 is 5.27. The lowest BCUT2D eigenvalue weighted by atomic mass is 10.1. The van der Waals surface area contributed by atoms with Gasteiger partial charge < -0.3 is 4.42 Å². The first-order valence-electron chi connectivity index (χ1n) is 5.48. The van der Waals surface area contributed by atoms with Gasteiger partial charge in [0.05, 0.1) is 0 Å². The zero-order valence-corrected chi connectivity index (χ0v) is 9.21. The molecule has 0 N–H and O–H groups in total. The van der Waals surface area contributed by atoms with Gasteiger partial charge in [-0.25, -0.2) is 4.98 Å². The number of nitrogens with zero attached hydrogens (tertiary/aromatic N) is 1. The van der Waals surface area contributed by atoms with Crippen molar-refractivity contribution >= 4 is 23.3 Å². The van der Waals surface area contributed by atoms with E-state index in [4.69, 9.17) is 4.42 Å². The number of benzene rings is 2. The summed E-state index contributed by atoms with van der Waals surface area (Å²) in [5.41, 5.74) is 4.00. The molecule has 1 aromatic heterocycles. The van der Waals surface area contributed by atoms with Crippen LogP contribution < -0.4 is 0 Å². The molecule has 0 saturated heterocycles. The van der Waals surface area contributed by atoms with Crippen LogP contribution in [0.2, 0.25) is 0 Å². The van der Waals surface area contributed by atoms with Gasteiger partial charge in [0, 0.05) is 0 Å². The number of fused-ring (bicyclic) bond motifs is 1. The van der Waals surface area contributed by atoms with E-state index >= 15 is 0 Å². The van der Waals surface area contributed by atoms with Crippen molar-refractivity contribution in [3.8, 4) is 0 Å². The summed E-state index contributed by atoms with van der Waals surface area (Å²) in [6, 6.07) is 16.2. The van der Waals surface area contributed by atoms with Crippen molar-refractivity contribution in [3.05, 3.63) is 66.1 Å². The first kappa shape index (κ1) is 9.85. The number of rotatable bonds is 2. The van der Waals surface area contributed by atoms with E-state index in [9.17, 15) is 0 Å². The van der Waals surface area contributed by atoms with Gasteiger partial charge in [0.2, 0.25) is 0 Å². The highest BCUT2D eigenvalue weighted by molar-refractivity contribution is 5.78. The quantitative estimate of drug-likeness (QED) is 0.611. The van der Waals surface area contributed by atoms with Crippen molar-refractivity contribution in [3.63, 3.8) is 0 Å². The second kappa shape index (κ2) is 4.26. The Balaban J connectivity index is 1.92. The Morgan fingerprint density at radius 1 is 0.882 bits per heavy atom. The van der Waals surface area contributed by atoms with Gasteiger partial charge in [-0.3, -0.25) is 0 Å². The maximum absolute atomic E-state index is 5.27. The van der Waals surface area contributed by atoms with Gasteiger partial charge in [0.15, 0.2) is 12.0 Å². The molecule has 82 valence electrons. The summed E-state index contributed by atoms with van der Waals surface area (Å²) in [6.45, 7) is 0. The molecule has 0 atom stereocenters. The Morgan fingerprint density at radius 2 is 1.71 bits per heavy atom. The minimum atomic E-state index is 0.820. The molecule has 0 aliphatic carbocycles. The van der Waals surface area contributed by atoms with Crippen LogP contribution in [0, 0.1) is 0 Å². The summed E-state index contributed by atoms with van der Waals surface area (Å²) in [5.74, 6) is 0. The summed E-state index contributed by atoms with van der Waals surface area (Å²) in [6.07, 6.45) is 5.62. The molecule has 2 aromatic carbocycles. The lowest BCUT2D eigenvalue weighted by Gasteiger charge is -1.94. The standard InChI is InChI=1S/C15H11NO/c1-2-4-12(5-3-1)6-7-13-8-9-14-15(10-13)17-11-16-14/h1-11H/b7-6+. The van der Waals surface area contributed by atoms with Gasteiger partial charge in [-0.1, -0.05) is 48.6 Å². The number of aromatic nitrogens is 1. The Bertz CT molecular complexity index is 653. The van der Waals surface area contributed by atoms with E-state index in [0.717, 1.165) is 16.7 Å². The highest BCUT2D eigenvalue weighted by Gasteiger charge is 1.97. The third-order valence-electron chi connectivity index (χ3n) is 2.62. The molecule has 3 aromatic rings. The van der Waals surface area contributed by atoms with Gasteiger partial charge >= 0.3 is 0 Å². The molecular formula is C15H11NO. The Kier molecular flexibility index (Phi) is 2.47. The van der Waals surface area contributed by atoms with Gasteiger partial charge in [-0.05, 0) is 23.3 Å². The monoisotopic (exact) mass is 221 g/mol. The molecule has 0 radical (unpaired) electrons. The van der Waals surface area contributed by atoms with E-state index in [-0.39, 0.29) is 0 Å². The van der Waals surface area contributed by atoms with Crippen molar-refractivity contribution in [1.29, 1.82) is 0 Å². The molecule has 0 bridgehead atoms. The van der Waals surface area contributed by atoms with Crippen LogP contribution in [-0.2, 0) is 0 Å². The Morgan fingerprint density at radius 3 is 2.59 bits per heavy atom. The van der Waals surface area contributed by atoms with Crippen LogP contribution in [-0.4, -0.2) is 4.98 Å². The van der Waals surface area contributed by atoms with Crippen molar-refractivity contribution < 1.29 is 4.42 Å². The van der Waals surface area contributed by atoms with Gasteiger partial charge in [0.1, 0.15) is 5.52 Å². The summed E-state index contributed by atoms with van der Waals surface area (Å²) >= 11 is 0. The zero-order valence-electron chi connectivity index (χ0n) is 9.21. The predicted octanol–water partition coefficient (Wildman–Crippen LogP) is 4.00. The van der Waals surface area contributed by atoms with Crippen LogP contribution in [0.3, 0.4) is 0 Å². The fourth-order valence-electron chi connectivity index (χ4n) is 1.73. The van der Waals surface area contributed by atoms with Gasteiger partial charge in [-0.15, -0.1) is 0 Å². The molecule has 2 heteroatoms. The van der Waals surface area contributed by atoms with Crippen LogP contribution in [0.4, 0.5) is 0 Å². The van der Waals surface area contributed by atoms with E-state index in [1.807, 2.05) is 36.4 Å². The maximum atomic E-state index is 5.27. The number of hydrogen-bond acceptors (Lipinski definition) is 2. The second-order valence-corrected chi connectivity index (χ2v) is 3.82. The molecule has 0 spiro atoms. The third-order valence-corrected chi connectivity index (χ3v) is 2.62. The molecule has 0 aliphatic heterocycles. The van der Waals surface area contributed by atoms with E-state index in [2.05, 4.69) is 29.3 Å². The highest BCUT2D eigenvalue weighted by Crippen LogP contribution is 2.16. The highest BCUT2D eigenvalue weighted by atomic mass is 16.3. The topological polar surface area (TPSA) is 26.0 Å². The fourth-order valence-corrected chi connectivity index (χ4v) is 1.73. The Hall–Kier alpha value is -2.35. The minimum Gasteiger partial charge on any atom is -0.443 e.